The van der Waals surface area contributed by atoms with Crippen LogP contribution in [0.3, 0.4) is 0 Å². The van der Waals surface area contributed by atoms with E-state index in [-0.39, 0.29) is 11.5 Å². The van der Waals surface area contributed by atoms with Gasteiger partial charge in [0.15, 0.2) is 0 Å². The number of fused-ring (bicyclic) bond motifs is 2. The maximum atomic E-state index is 14.2. The predicted octanol–water partition coefficient (Wildman–Crippen LogP) is 4.56. The Bertz CT molecular complexity index is 2010. The molecule has 8 nitrogen and oxygen atoms in total. The number of benzene rings is 2. The molecule has 0 spiro atoms. The van der Waals surface area contributed by atoms with Crippen LogP contribution in [0.1, 0.15) is 40.1 Å². The molecule has 0 bridgehead atoms. The molecule has 0 radical (unpaired) electrons. The first-order chi connectivity index (χ1) is 19.5. The highest BCUT2D eigenvalue weighted by atomic mass is 16.2. The van der Waals surface area contributed by atoms with E-state index in [0.29, 0.717) is 33.4 Å². The number of hydrogen-bond acceptors (Lipinski definition) is 5. The fourth-order valence-corrected chi connectivity index (χ4v) is 4.79. The summed E-state index contributed by atoms with van der Waals surface area (Å²) in [5.41, 5.74) is 3.42. The van der Waals surface area contributed by atoms with E-state index in [1.54, 1.807) is 33.9 Å². The Morgan fingerprint density at radius 2 is 1.77 bits per heavy atom. The molecule has 40 heavy (non-hydrogen) atoms. The van der Waals surface area contributed by atoms with Gasteiger partial charge in [0.25, 0.3) is 11.5 Å². The number of nitrogens with one attached hydrogen (secondary N) is 1. The second-order valence-corrected chi connectivity index (χ2v) is 9.43. The molecule has 1 amide bonds. The van der Waals surface area contributed by atoms with Crippen molar-refractivity contribution >= 4 is 27.6 Å². The predicted molar refractivity (Wildman–Crippen MR) is 154 cm³/mol. The van der Waals surface area contributed by atoms with Crippen molar-refractivity contribution in [1.82, 2.24) is 29.6 Å². The van der Waals surface area contributed by atoms with Crippen molar-refractivity contribution in [2.75, 3.05) is 0 Å². The Labute approximate surface area is 230 Å². The van der Waals surface area contributed by atoms with Gasteiger partial charge in [-0.3, -0.25) is 28.8 Å². The fraction of sp³-hybridized carbons (Fsp3) is 0.0938. The molecule has 1 N–H and O–H groups in total. The van der Waals surface area contributed by atoms with E-state index in [4.69, 9.17) is 0 Å². The van der Waals surface area contributed by atoms with Crippen LogP contribution < -0.4 is 10.9 Å². The molecule has 0 aliphatic rings. The summed E-state index contributed by atoms with van der Waals surface area (Å²) in [5.74, 6) is 5.94. The normalized spacial score (nSPS) is 11.7. The number of amides is 1. The monoisotopic (exact) mass is 524 g/mol. The summed E-state index contributed by atoms with van der Waals surface area (Å²) in [6.07, 6.45) is 8.34. The molecule has 2 aromatic carbocycles. The number of para-hydroxylation sites is 1. The molecule has 1 atom stereocenters. The molecule has 6 aromatic rings. The largest absolute Gasteiger partial charge is 0.344 e. The van der Waals surface area contributed by atoms with Crippen LogP contribution in [0.25, 0.3) is 27.4 Å². The number of nitrogens with zero attached hydrogens (tertiary/aromatic N) is 5. The molecule has 0 unspecified atom stereocenters. The molecule has 0 aliphatic carbocycles. The summed E-state index contributed by atoms with van der Waals surface area (Å²) in [7, 11) is 1.83. The highest BCUT2D eigenvalue weighted by Gasteiger charge is 2.21. The van der Waals surface area contributed by atoms with Gasteiger partial charge in [0.05, 0.1) is 34.3 Å². The maximum absolute atomic E-state index is 14.2. The Kier molecular flexibility index (Phi) is 6.38. The Morgan fingerprint density at radius 3 is 2.58 bits per heavy atom. The average molecular weight is 525 g/mol. The van der Waals surface area contributed by atoms with Gasteiger partial charge in [-0.1, -0.05) is 42.2 Å². The summed E-state index contributed by atoms with van der Waals surface area (Å²) in [6, 6.07) is 20.1. The Balaban J connectivity index is 1.47. The van der Waals surface area contributed by atoms with Crippen LogP contribution in [0, 0.1) is 11.8 Å². The summed E-state index contributed by atoms with van der Waals surface area (Å²) in [6.45, 7) is 1.86. The highest BCUT2D eigenvalue weighted by Crippen LogP contribution is 2.24. The van der Waals surface area contributed by atoms with E-state index in [0.717, 1.165) is 16.3 Å². The summed E-state index contributed by atoms with van der Waals surface area (Å²) in [4.78, 5) is 36.2. The number of rotatable bonds is 4. The molecular formula is C32H24N6O2. The molecule has 0 saturated carbocycles. The number of carbonyl (C=O) groups excluding carboxylic acids is 1. The van der Waals surface area contributed by atoms with Crippen LogP contribution in [-0.4, -0.2) is 30.2 Å². The van der Waals surface area contributed by atoms with Crippen molar-refractivity contribution in [1.29, 1.82) is 0 Å². The standard InChI is InChI=1S/C32H24N6O2/c1-21(36-31(39)27-19-33-18-25-10-7-15-34-30(25)27)28-16-24-9-6-8-23(14-13-22-17-35-37(2)20-22)29(24)32(40)38(28)26-11-4-3-5-12-26/h3-12,15-21H,1-2H3,(H,36,39)/t21-/m1/s1. The van der Waals surface area contributed by atoms with Crippen LogP contribution >= 0.6 is 0 Å². The van der Waals surface area contributed by atoms with Crippen molar-refractivity contribution < 1.29 is 4.79 Å². The van der Waals surface area contributed by atoms with Crippen LogP contribution in [0.5, 0.6) is 0 Å². The first-order valence-corrected chi connectivity index (χ1v) is 12.7. The molecular weight excluding hydrogens is 500 g/mol. The second-order valence-electron chi connectivity index (χ2n) is 9.43. The van der Waals surface area contributed by atoms with Crippen molar-refractivity contribution in [3.8, 4) is 17.5 Å². The second kappa shape index (κ2) is 10.3. The summed E-state index contributed by atoms with van der Waals surface area (Å²) < 4.78 is 3.32. The van der Waals surface area contributed by atoms with E-state index in [2.05, 4.69) is 32.2 Å². The molecule has 0 aliphatic heterocycles. The van der Waals surface area contributed by atoms with E-state index in [1.165, 1.54) is 6.20 Å². The lowest BCUT2D eigenvalue weighted by Gasteiger charge is -2.21. The lowest BCUT2D eigenvalue weighted by molar-refractivity contribution is 0.0940. The van der Waals surface area contributed by atoms with Gasteiger partial charge in [-0.25, -0.2) is 0 Å². The van der Waals surface area contributed by atoms with Crippen LogP contribution in [0.2, 0.25) is 0 Å². The van der Waals surface area contributed by atoms with E-state index >= 15 is 0 Å². The van der Waals surface area contributed by atoms with Gasteiger partial charge >= 0.3 is 0 Å². The first kappa shape index (κ1) is 24.8. The van der Waals surface area contributed by atoms with Gasteiger partial charge in [-0.15, -0.1) is 0 Å². The van der Waals surface area contributed by atoms with Gasteiger partial charge in [-0.05, 0) is 48.7 Å². The van der Waals surface area contributed by atoms with Gasteiger partial charge in [0, 0.05) is 54.2 Å². The minimum atomic E-state index is -0.520. The van der Waals surface area contributed by atoms with Crippen LogP contribution in [-0.2, 0) is 7.05 Å². The minimum absolute atomic E-state index is 0.218. The minimum Gasteiger partial charge on any atom is -0.344 e. The lowest BCUT2D eigenvalue weighted by atomic mass is 10.0. The third-order valence-corrected chi connectivity index (χ3v) is 6.68. The highest BCUT2D eigenvalue weighted by molar-refractivity contribution is 6.05. The summed E-state index contributed by atoms with van der Waals surface area (Å²) >= 11 is 0. The van der Waals surface area contributed by atoms with Crippen LogP contribution in [0.4, 0.5) is 0 Å². The molecule has 4 heterocycles. The van der Waals surface area contributed by atoms with E-state index in [9.17, 15) is 9.59 Å². The smallest absolute Gasteiger partial charge is 0.264 e. The molecule has 0 fully saturated rings. The molecule has 6 rings (SSSR count). The number of pyridine rings is 3. The third-order valence-electron chi connectivity index (χ3n) is 6.68. The van der Waals surface area contributed by atoms with Gasteiger partial charge in [0.2, 0.25) is 0 Å². The van der Waals surface area contributed by atoms with E-state index in [1.807, 2.05) is 80.8 Å². The third kappa shape index (κ3) is 4.61. The fourth-order valence-electron chi connectivity index (χ4n) is 4.79. The zero-order valence-corrected chi connectivity index (χ0v) is 21.9. The van der Waals surface area contributed by atoms with E-state index < -0.39 is 6.04 Å². The SMILES string of the molecule is C[C@@H](NC(=O)c1cncc2cccnc12)c1cc2cccc(C#Cc3cnn(C)c3)c2c(=O)n1-c1ccccc1. The number of carbonyl (C=O) groups is 1. The zero-order valence-electron chi connectivity index (χ0n) is 21.9. The average Bonchev–Trinajstić information content (AvgIpc) is 3.40. The zero-order chi connectivity index (χ0) is 27.6. The molecule has 4 aromatic heterocycles. The first-order valence-electron chi connectivity index (χ1n) is 12.7. The Hall–Kier alpha value is -5.55. The van der Waals surface area contributed by atoms with Gasteiger partial charge < -0.3 is 5.32 Å². The maximum Gasteiger partial charge on any atom is 0.264 e. The van der Waals surface area contributed by atoms with Crippen molar-refractivity contribution in [3.05, 3.63) is 130 Å². The number of aromatic nitrogens is 5. The molecule has 194 valence electrons. The van der Waals surface area contributed by atoms with Gasteiger partial charge in [-0.2, -0.15) is 5.10 Å². The van der Waals surface area contributed by atoms with Gasteiger partial charge in [0.1, 0.15) is 0 Å². The van der Waals surface area contributed by atoms with Crippen molar-refractivity contribution in [2.24, 2.45) is 7.05 Å². The quantitative estimate of drug-likeness (QED) is 0.341. The molecule has 0 saturated heterocycles. The van der Waals surface area contributed by atoms with Crippen molar-refractivity contribution in [2.45, 2.75) is 13.0 Å². The Morgan fingerprint density at radius 1 is 0.950 bits per heavy atom. The molecule has 8 heteroatoms. The van der Waals surface area contributed by atoms with Crippen molar-refractivity contribution in [3.63, 3.8) is 0 Å². The number of aryl methyl sites for hydroxylation is 1. The number of hydrogen-bond donors (Lipinski definition) is 1. The van der Waals surface area contributed by atoms with Crippen LogP contribution in [0.15, 0.2) is 103 Å². The summed E-state index contributed by atoms with van der Waals surface area (Å²) in [5, 5.41) is 9.23. The topological polar surface area (TPSA) is 94.7 Å². The lowest BCUT2D eigenvalue weighted by Crippen LogP contribution is -2.32.